The van der Waals surface area contributed by atoms with Gasteiger partial charge in [0.1, 0.15) is 46.0 Å². The van der Waals surface area contributed by atoms with Crippen molar-refractivity contribution in [3.8, 4) is 57.1 Å². The highest BCUT2D eigenvalue weighted by atomic mass is 16.3. The van der Waals surface area contributed by atoms with Gasteiger partial charge in [0.05, 0.1) is 5.41 Å². The van der Waals surface area contributed by atoms with Gasteiger partial charge in [-0.15, -0.1) is 0 Å². The number of aromatic hydroxyl groups is 8. The lowest BCUT2D eigenvalue weighted by Gasteiger charge is -2.33. The largest absolute Gasteiger partial charge is 0.508 e. The summed E-state index contributed by atoms with van der Waals surface area (Å²) in [6.45, 7) is 4.48. The normalized spacial score (nSPS) is 11.7. The van der Waals surface area contributed by atoms with Gasteiger partial charge in [0, 0.05) is 37.7 Å². The minimum absolute atomic E-state index is 0.249. The first-order valence-electron chi connectivity index (χ1n) is 41.5. The molecule has 0 saturated carbocycles. The fraction of sp³-hybridized carbons (Fsp3) is 0.0345. The summed E-state index contributed by atoms with van der Waals surface area (Å²) in [5.74, 6) is 3.16. The van der Waals surface area contributed by atoms with Crippen molar-refractivity contribution < 1.29 is 40.9 Å². The van der Waals surface area contributed by atoms with Crippen molar-refractivity contribution in [1.29, 1.82) is 0 Å². The summed E-state index contributed by atoms with van der Waals surface area (Å²) in [6.07, 6.45) is 0. The topological polar surface area (TPSA) is 162 Å². The summed E-state index contributed by atoms with van der Waals surface area (Å²) >= 11 is 0. The van der Waals surface area contributed by atoms with Crippen molar-refractivity contribution >= 4 is 140 Å². The molecule has 0 amide bonds. The summed E-state index contributed by atoms with van der Waals surface area (Å²) in [5, 5.41) is 107. The number of phenols is 8. The Morgan fingerprint density at radius 1 is 0.177 bits per heavy atom. The number of hydrogen-bond acceptors (Lipinski definition) is 8. The number of rotatable bonds is 3. The molecule has 24 aromatic rings. The maximum atomic E-state index is 9.95. The Hall–Kier alpha value is -16.2. The second-order valence-electron chi connectivity index (χ2n) is 31.5. The Balaban J connectivity index is 0.0000000986. The van der Waals surface area contributed by atoms with Crippen LogP contribution in [0.5, 0.6) is 46.0 Å². The third-order valence-electron chi connectivity index (χ3n) is 23.7. The standard InChI is InChI=1S/C25H18O2.3C16H10O.C14H10O.C13H14.C10H8O.C6H6O/c26-19-13-9-17(10-14-19)25(18-11-15-20(27)16-12-18)23-7-3-1-5-21(23)22-6-2-4-8-24(22)25;3*17-14-9-7-12-5-4-10-2-1-3-11-6-8-13(14)16(12)15(10)11;15-14-6-5-12-7-10-3-1-2-4-11(10)8-13(12)9-14;1-10(2)12-9-5-7-11-6-3-4-8-13(11)12;11-10-7-3-5-8-4-1-2-6-9(8)10;7-6-4-2-1-3-5-6/h1-16,26-27H;3*1-9,17H;1-9,15H;3-10H,1-2H3;1-7,11H;1-5,7H. The van der Waals surface area contributed by atoms with E-state index in [1.165, 1.54) is 130 Å². The molecule has 8 nitrogen and oxygen atoms in total. The number of phenolic OH excluding ortho intramolecular Hbond substituents is 8. The van der Waals surface area contributed by atoms with Crippen LogP contribution < -0.4 is 0 Å². The molecule has 1 aliphatic rings. The third-order valence-corrected chi connectivity index (χ3v) is 23.7. The lowest BCUT2D eigenvalue weighted by atomic mass is 9.68. The Morgan fingerprint density at radius 3 is 0.871 bits per heavy atom. The molecule has 25 rings (SSSR count). The maximum absolute atomic E-state index is 9.95. The van der Waals surface area contributed by atoms with Crippen LogP contribution in [0, 0.1) is 0 Å². The van der Waals surface area contributed by atoms with E-state index >= 15 is 0 Å². The molecule has 24 aromatic carbocycles. The van der Waals surface area contributed by atoms with E-state index in [1.807, 2.05) is 121 Å². The van der Waals surface area contributed by atoms with Crippen molar-refractivity contribution in [2.75, 3.05) is 0 Å². The summed E-state index contributed by atoms with van der Waals surface area (Å²) in [5.41, 5.74) is 7.98. The molecule has 124 heavy (non-hydrogen) atoms. The predicted octanol–water partition coefficient (Wildman–Crippen LogP) is 29.9. The van der Waals surface area contributed by atoms with E-state index in [1.54, 1.807) is 84.9 Å². The van der Waals surface area contributed by atoms with Crippen molar-refractivity contribution in [2.45, 2.75) is 25.2 Å². The van der Waals surface area contributed by atoms with E-state index in [9.17, 15) is 35.7 Å². The van der Waals surface area contributed by atoms with Crippen molar-refractivity contribution in [1.82, 2.24) is 0 Å². The van der Waals surface area contributed by atoms with E-state index in [4.69, 9.17) is 5.11 Å². The molecule has 0 atom stereocenters. The lowest BCUT2D eigenvalue weighted by Crippen LogP contribution is -2.28. The Morgan fingerprint density at radius 2 is 0.460 bits per heavy atom. The molecular formula is C116H86O8. The van der Waals surface area contributed by atoms with Crippen LogP contribution in [0.1, 0.15) is 47.6 Å². The molecular weight excluding hydrogens is 1520 g/mol. The molecule has 0 bridgehead atoms. The van der Waals surface area contributed by atoms with Crippen LogP contribution in [0.15, 0.2) is 431 Å². The number of fused-ring (bicyclic) bond motifs is 7. The smallest absolute Gasteiger partial charge is 0.123 e. The molecule has 0 aromatic heterocycles. The second-order valence-corrected chi connectivity index (χ2v) is 31.5. The molecule has 0 aliphatic heterocycles. The molecule has 1 aliphatic carbocycles. The van der Waals surface area contributed by atoms with Gasteiger partial charge in [-0.05, 0) is 232 Å². The molecule has 0 spiro atoms. The highest BCUT2D eigenvalue weighted by molar-refractivity contribution is 6.26. The third kappa shape index (κ3) is 15.4. The van der Waals surface area contributed by atoms with Gasteiger partial charge in [-0.25, -0.2) is 0 Å². The average molecular weight is 1610 g/mol. The van der Waals surface area contributed by atoms with Crippen LogP contribution in [0.2, 0.25) is 0 Å². The Kier molecular flexibility index (Phi) is 21.8. The van der Waals surface area contributed by atoms with Gasteiger partial charge < -0.3 is 40.9 Å². The summed E-state index contributed by atoms with van der Waals surface area (Å²) in [7, 11) is 0. The average Bonchev–Trinajstić information content (AvgIpc) is 1.53. The van der Waals surface area contributed by atoms with E-state index in [2.05, 4.69) is 238 Å². The number of benzene rings is 24. The van der Waals surface area contributed by atoms with E-state index in [0.29, 0.717) is 40.4 Å². The molecule has 8 heteroatoms. The molecule has 0 saturated heterocycles. The van der Waals surface area contributed by atoms with E-state index < -0.39 is 5.41 Å². The number of para-hydroxylation sites is 1. The monoisotopic (exact) mass is 1610 g/mol. The van der Waals surface area contributed by atoms with Crippen LogP contribution in [-0.4, -0.2) is 40.9 Å². The van der Waals surface area contributed by atoms with E-state index in [0.717, 1.165) is 48.8 Å². The zero-order valence-electron chi connectivity index (χ0n) is 68.1. The molecule has 0 unspecified atom stereocenters. The first-order valence-corrected chi connectivity index (χ1v) is 41.5. The van der Waals surface area contributed by atoms with E-state index in [-0.39, 0.29) is 11.5 Å². The van der Waals surface area contributed by atoms with Crippen molar-refractivity contribution in [2.24, 2.45) is 0 Å². The number of hydrogen-bond donors (Lipinski definition) is 8. The molecule has 8 N–H and O–H groups in total. The first kappa shape index (κ1) is 79.0. The minimum atomic E-state index is -0.491. The maximum Gasteiger partial charge on any atom is 0.123 e. The van der Waals surface area contributed by atoms with Gasteiger partial charge >= 0.3 is 0 Å². The van der Waals surface area contributed by atoms with Crippen molar-refractivity contribution in [3.05, 3.63) is 459 Å². The Bertz CT molecular complexity index is 7440. The predicted molar refractivity (Wildman–Crippen MR) is 517 cm³/mol. The second kappa shape index (κ2) is 34.3. The summed E-state index contributed by atoms with van der Waals surface area (Å²) < 4.78 is 0. The van der Waals surface area contributed by atoms with Gasteiger partial charge in [-0.2, -0.15) is 0 Å². The summed E-state index contributed by atoms with van der Waals surface area (Å²) in [4.78, 5) is 0. The van der Waals surface area contributed by atoms with Crippen molar-refractivity contribution in [3.63, 3.8) is 0 Å². The Labute approximate surface area is 717 Å². The van der Waals surface area contributed by atoms with Crippen LogP contribution in [0.25, 0.3) is 151 Å². The van der Waals surface area contributed by atoms with Gasteiger partial charge in [0.15, 0.2) is 0 Å². The van der Waals surface area contributed by atoms with Gasteiger partial charge in [0.25, 0.3) is 0 Å². The summed E-state index contributed by atoms with van der Waals surface area (Å²) in [6, 6.07) is 142. The molecule has 0 fully saturated rings. The molecule has 0 heterocycles. The van der Waals surface area contributed by atoms with Gasteiger partial charge in [-0.3, -0.25) is 0 Å². The zero-order chi connectivity index (χ0) is 85.0. The van der Waals surface area contributed by atoms with Gasteiger partial charge in [0.2, 0.25) is 0 Å². The molecule has 598 valence electrons. The highest BCUT2D eigenvalue weighted by Gasteiger charge is 2.46. The first-order chi connectivity index (χ1) is 60.6. The van der Waals surface area contributed by atoms with Crippen LogP contribution in [-0.2, 0) is 5.41 Å². The van der Waals surface area contributed by atoms with Crippen LogP contribution >= 0.6 is 0 Å². The molecule has 0 radical (unpaired) electrons. The minimum Gasteiger partial charge on any atom is -0.508 e. The van der Waals surface area contributed by atoms with Crippen LogP contribution in [0.4, 0.5) is 0 Å². The highest BCUT2D eigenvalue weighted by Crippen LogP contribution is 2.56. The quantitative estimate of drug-likeness (QED) is 0.0641. The van der Waals surface area contributed by atoms with Crippen LogP contribution in [0.3, 0.4) is 0 Å². The fourth-order valence-electron chi connectivity index (χ4n) is 17.9. The van der Waals surface area contributed by atoms with Gasteiger partial charge in [-0.1, -0.05) is 360 Å². The SMILES string of the molecule is CC(C)c1cccc2ccccc12.Oc1ccc(C2(c3ccc(O)cc3)c3ccccc3-c3ccccc32)cc1.Oc1ccc2cc3ccccc3cc2c1.Oc1ccc2ccc3cccc4ccc1c2c34.Oc1ccc2ccc3cccc4ccc1c2c34.Oc1ccc2ccc3cccc4ccc1c2c34.Oc1cccc2ccccc12.Oc1ccccc1. The lowest BCUT2D eigenvalue weighted by molar-refractivity contribution is 0.474. The fourth-order valence-corrected chi connectivity index (χ4v) is 17.9. The zero-order valence-corrected chi connectivity index (χ0v) is 68.1.